The molecule has 1 saturated heterocycles. The van der Waals surface area contributed by atoms with Gasteiger partial charge in [-0.1, -0.05) is 49.4 Å². The summed E-state index contributed by atoms with van der Waals surface area (Å²) in [6.07, 6.45) is 4.10. The standard InChI is InChI=1S/C14H14O3/c1-10(12-9-13(15)17-14(12)16)7-8-11-5-3-2-4-6-11/h2-8,10,12H,9H2,1H3. The Morgan fingerprint density at radius 1 is 1.29 bits per heavy atom. The van der Waals surface area contributed by atoms with Crippen molar-refractivity contribution in [1.29, 1.82) is 0 Å². The highest BCUT2D eigenvalue weighted by atomic mass is 16.6. The van der Waals surface area contributed by atoms with E-state index < -0.39 is 11.9 Å². The Bertz CT molecular complexity index is 448. The lowest BCUT2D eigenvalue weighted by atomic mass is 9.92. The van der Waals surface area contributed by atoms with Crippen molar-refractivity contribution in [3.05, 3.63) is 42.0 Å². The van der Waals surface area contributed by atoms with E-state index >= 15 is 0 Å². The van der Waals surface area contributed by atoms with Crippen LogP contribution in [-0.4, -0.2) is 11.9 Å². The van der Waals surface area contributed by atoms with Gasteiger partial charge < -0.3 is 4.74 Å². The molecule has 88 valence electrons. The number of allylic oxidation sites excluding steroid dienone is 1. The summed E-state index contributed by atoms with van der Waals surface area (Å²) in [6, 6.07) is 9.84. The maximum atomic E-state index is 11.4. The molecule has 0 bridgehead atoms. The van der Waals surface area contributed by atoms with Crippen LogP contribution in [0.15, 0.2) is 36.4 Å². The Balaban J connectivity index is 2.02. The Morgan fingerprint density at radius 2 is 2.00 bits per heavy atom. The zero-order chi connectivity index (χ0) is 12.3. The van der Waals surface area contributed by atoms with Gasteiger partial charge in [-0.2, -0.15) is 0 Å². The Labute approximate surface area is 100 Å². The molecule has 3 nitrogen and oxygen atoms in total. The molecule has 0 spiro atoms. The third-order valence-electron chi connectivity index (χ3n) is 2.93. The first-order valence-electron chi connectivity index (χ1n) is 5.64. The van der Waals surface area contributed by atoms with E-state index in [-0.39, 0.29) is 18.3 Å². The Kier molecular flexibility index (Phi) is 3.38. The van der Waals surface area contributed by atoms with Crippen LogP contribution in [0, 0.1) is 11.8 Å². The minimum atomic E-state index is -0.417. The van der Waals surface area contributed by atoms with Gasteiger partial charge in [0.2, 0.25) is 0 Å². The second-order valence-electron chi connectivity index (χ2n) is 4.23. The SMILES string of the molecule is CC(C=Cc1ccccc1)C1CC(=O)OC1=O. The highest BCUT2D eigenvalue weighted by Gasteiger charge is 2.36. The molecule has 1 aliphatic rings. The largest absolute Gasteiger partial charge is 0.393 e. The number of benzene rings is 1. The third kappa shape index (κ3) is 2.81. The molecule has 1 heterocycles. The molecule has 2 rings (SSSR count). The van der Waals surface area contributed by atoms with Crippen LogP contribution < -0.4 is 0 Å². The topological polar surface area (TPSA) is 43.4 Å². The van der Waals surface area contributed by atoms with Gasteiger partial charge in [0.05, 0.1) is 12.3 Å². The van der Waals surface area contributed by atoms with Gasteiger partial charge in [-0.05, 0) is 11.5 Å². The van der Waals surface area contributed by atoms with Crippen LogP contribution >= 0.6 is 0 Å². The van der Waals surface area contributed by atoms with Crippen LogP contribution in [0.4, 0.5) is 0 Å². The van der Waals surface area contributed by atoms with E-state index in [4.69, 9.17) is 0 Å². The maximum absolute atomic E-state index is 11.4. The molecule has 0 radical (unpaired) electrons. The first-order valence-corrected chi connectivity index (χ1v) is 5.64. The lowest BCUT2D eigenvalue weighted by Crippen LogP contribution is -2.14. The van der Waals surface area contributed by atoms with Gasteiger partial charge in [0.1, 0.15) is 0 Å². The van der Waals surface area contributed by atoms with Crippen LogP contribution in [0.5, 0.6) is 0 Å². The predicted molar refractivity (Wildman–Crippen MR) is 63.8 cm³/mol. The number of ether oxygens (including phenoxy) is 1. The molecule has 2 unspecified atom stereocenters. The highest BCUT2D eigenvalue weighted by molar-refractivity contribution is 5.94. The highest BCUT2D eigenvalue weighted by Crippen LogP contribution is 2.25. The molecule has 2 atom stereocenters. The second-order valence-corrected chi connectivity index (χ2v) is 4.23. The van der Waals surface area contributed by atoms with Crippen LogP contribution in [0.3, 0.4) is 0 Å². The average Bonchev–Trinajstić information content (AvgIpc) is 2.67. The minimum absolute atomic E-state index is 0.00848. The number of cyclic esters (lactones) is 2. The molecule has 0 aromatic heterocycles. The van der Waals surface area contributed by atoms with Crippen molar-refractivity contribution in [1.82, 2.24) is 0 Å². The maximum Gasteiger partial charge on any atom is 0.317 e. The number of esters is 2. The van der Waals surface area contributed by atoms with Crippen LogP contribution in [0.25, 0.3) is 6.08 Å². The molecular formula is C14H14O3. The summed E-state index contributed by atoms with van der Waals surface area (Å²) in [5, 5.41) is 0. The zero-order valence-electron chi connectivity index (χ0n) is 9.63. The van der Waals surface area contributed by atoms with E-state index in [0.29, 0.717) is 0 Å². The van der Waals surface area contributed by atoms with Crippen LogP contribution in [-0.2, 0) is 14.3 Å². The normalized spacial score (nSPS) is 21.8. The van der Waals surface area contributed by atoms with E-state index in [1.54, 1.807) is 0 Å². The molecule has 0 N–H and O–H groups in total. The van der Waals surface area contributed by atoms with E-state index in [9.17, 15) is 9.59 Å². The third-order valence-corrected chi connectivity index (χ3v) is 2.93. The second kappa shape index (κ2) is 4.95. The Hall–Kier alpha value is -1.90. The van der Waals surface area contributed by atoms with Crippen molar-refractivity contribution >= 4 is 18.0 Å². The monoisotopic (exact) mass is 230 g/mol. The van der Waals surface area contributed by atoms with E-state index in [1.165, 1.54) is 0 Å². The minimum Gasteiger partial charge on any atom is -0.393 e. The van der Waals surface area contributed by atoms with Crippen molar-refractivity contribution in [2.75, 3.05) is 0 Å². The number of carbonyl (C=O) groups excluding carboxylic acids is 2. The zero-order valence-corrected chi connectivity index (χ0v) is 9.63. The quantitative estimate of drug-likeness (QED) is 0.591. The van der Waals surface area contributed by atoms with Gasteiger partial charge in [0, 0.05) is 0 Å². The average molecular weight is 230 g/mol. The summed E-state index contributed by atoms with van der Waals surface area (Å²) < 4.78 is 4.54. The van der Waals surface area contributed by atoms with E-state index in [1.807, 2.05) is 49.4 Å². The number of carbonyl (C=O) groups is 2. The molecule has 1 fully saturated rings. The van der Waals surface area contributed by atoms with E-state index in [2.05, 4.69) is 4.74 Å². The van der Waals surface area contributed by atoms with Crippen molar-refractivity contribution in [3.63, 3.8) is 0 Å². The summed E-state index contributed by atoms with van der Waals surface area (Å²) >= 11 is 0. The van der Waals surface area contributed by atoms with Crippen molar-refractivity contribution in [2.24, 2.45) is 11.8 Å². The van der Waals surface area contributed by atoms with Gasteiger partial charge in [0.15, 0.2) is 0 Å². The molecule has 1 aromatic carbocycles. The lowest BCUT2D eigenvalue weighted by Gasteiger charge is -2.09. The predicted octanol–water partition coefficient (Wildman–Crippen LogP) is 2.43. The first kappa shape index (κ1) is 11.6. The lowest BCUT2D eigenvalue weighted by molar-refractivity contribution is -0.153. The number of hydrogen-bond acceptors (Lipinski definition) is 3. The fourth-order valence-corrected chi connectivity index (χ4v) is 1.85. The summed E-state index contributed by atoms with van der Waals surface area (Å²) in [4.78, 5) is 22.3. The van der Waals surface area contributed by atoms with Crippen molar-refractivity contribution < 1.29 is 14.3 Å². The van der Waals surface area contributed by atoms with Gasteiger partial charge in [-0.25, -0.2) is 0 Å². The molecule has 1 aliphatic heterocycles. The summed E-state index contributed by atoms with van der Waals surface area (Å²) in [5.41, 5.74) is 1.08. The van der Waals surface area contributed by atoms with E-state index in [0.717, 1.165) is 5.56 Å². The smallest absolute Gasteiger partial charge is 0.317 e. The number of hydrogen-bond donors (Lipinski definition) is 0. The number of rotatable bonds is 3. The van der Waals surface area contributed by atoms with Crippen LogP contribution in [0.1, 0.15) is 18.9 Å². The first-order chi connectivity index (χ1) is 8.16. The van der Waals surface area contributed by atoms with Gasteiger partial charge in [0.25, 0.3) is 0 Å². The summed E-state index contributed by atoms with van der Waals surface area (Å²) in [7, 11) is 0. The molecule has 17 heavy (non-hydrogen) atoms. The molecule has 3 heteroatoms. The summed E-state index contributed by atoms with van der Waals surface area (Å²) in [5.74, 6) is -1.14. The van der Waals surface area contributed by atoms with Crippen molar-refractivity contribution in [2.45, 2.75) is 13.3 Å². The molecular weight excluding hydrogens is 216 g/mol. The fraction of sp³-hybridized carbons (Fsp3) is 0.286. The van der Waals surface area contributed by atoms with Gasteiger partial charge in [-0.3, -0.25) is 9.59 Å². The summed E-state index contributed by atoms with van der Waals surface area (Å²) in [6.45, 7) is 1.92. The van der Waals surface area contributed by atoms with Gasteiger partial charge >= 0.3 is 11.9 Å². The fourth-order valence-electron chi connectivity index (χ4n) is 1.85. The molecule has 1 aromatic rings. The molecule has 0 saturated carbocycles. The molecule has 0 aliphatic carbocycles. The van der Waals surface area contributed by atoms with Crippen LogP contribution in [0.2, 0.25) is 0 Å². The van der Waals surface area contributed by atoms with Gasteiger partial charge in [-0.15, -0.1) is 0 Å². The molecule has 0 amide bonds. The van der Waals surface area contributed by atoms with Crippen molar-refractivity contribution in [3.8, 4) is 0 Å². The Morgan fingerprint density at radius 3 is 2.59 bits per heavy atom.